The van der Waals surface area contributed by atoms with Gasteiger partial charge in [0.05, 0.1) is 31.7 Å². The van der Waals surface area contributed by atoms with Gasteiger partial charge in [-0.1, -0.05) is 43.3 Å². The summed E-state index contributed by atoms with van der Waals surface area (Å²) >= 11 is 1.51. The molecule has 0 fully saturated rings. The summed E-state index contributed by atoms with van der Waals surface area (Å²) in [6.07, 6.45) is 3.54. The summed E-state index contributed by atoms with van der Waals surface area (Å²) in [5, 5.41) is 7.05. The van der Waals surface area contributed by atoms with E-state index in [2.05, 4.69) is 79.3 Å². The number of nitrogens with one attached hydrogen (secondary N) is 2. The summed E-state index contributed by atoms with van der Waals surface area (Å²) in [5.41, 5.74) is 3.93. The highest BCUT2D eigenvalue weighted by molar-refractivity contribution is 7.98. The van der Waals surface area contributed by atoms with Gasteiger partial charge in [-0.2, -0.15) is 15.0 Å². The van der Waals surface area contributed by atoms with Crippen molar-refractivity contribution in [1.82, 2.24) is 24.3 Å². The maximum Gasteiger partial charge on any atom is 0.317 e. The van der Waals surface area contributed by atoms with Crippen molar-refractivity contribution in [2.75, 3.05) is 36.6 Å². The molecule has 0 atom stereocenters. The first-order valence-corrected chi connectivity index (χ1v) is 16.9. The topological polar surface area (TPSA) is 125 Å². The summed E-state index contributed by atoms with van der Waals surface area (Å²) in [6, 6.07) is 4.25. The quantitative estimate of drug-likeness (QED) is 0.225. The van der Waals surface area contributed by atoms with Crippen molar-refractivity contribution in [2.24, 2.45) is 5.41 Å². The zero-order valence-corrected chi connectivity index (χ0v) is 29.7. The molecule has 3 aromatic rings. The smallest absolute Gasteiger partial charge is 0.317 e. The monoisotopic (exact) mass is 641 g/mol. The van der Waals surface area contributed by atoms with Crippen LogP contribution in [0.25, 0.3) is 11.1 Å². The summed E-state index contributed by atoms with van der Waals surface area (Å²) in [6.45, 7) is 22.6. The molecule has 1 aliphatic heterocycles. The third-order valence-electron chi connectivity index (χ3n) is 6.96. The highest BCUT2D eigenvalue weighted by atomic mass is 32.2. The summed E-state index contributed by atoms with van der Waals surface area (Å²) in [7, 11) is 0. The van der Waals surface area contributed by atoms with Crippen molar-refractivity contribution in [2.45, 2.75) is 106 Å². The minimum absolute atomic E-state index is 0.0550. The lowest BCUT2D eigenvalue weighted by atomic mass is 9.91. The molecule has 0 bridgehead atoms. The molecule has 0 aliphatic carbocycles. The van der Waals surface area contributed by atoms with Crippen LogP contribution in [0.15, 0.2) is 22.1 Å². The normalized spacial score (nSPS) is 13.3. The van der Waals surface area contributed by atoms with Crippen LogP contribution in [0.2, 0.25) is 0 Å². The van der Waals surface area contributed by atoms with Crippen molar-refractivity contribution in [3.05, 3.63) is 39.2 Å². The minimum atomic E-state index is -0.675. The molecule has 11 nitrogen and oxygen atoms in total. The Balaban J connectivity index is 0.000000292. The van der Waals surface area contributed by atoms with Gasteiger partial charge in [-0.25, -0.2) is 9.36 Å². The molecule has 45 heavy (non-hydrogen) atoms. The second-order valence-electron chi connectivity index (χ2n) is 13.0. The van der Waals surface area contributed by atoms with Gasteiger partial charge in [-0.3, -0.25) is 9.59 Å². The van der Waals surface area contributed by atoms with E-state index in [9.17, 15) is 9.59 Å². The molecule has 1 aliphatic rings. The van der Waals surface area contributed by atoms with Crippen molar-refractivity contribution in [1.29, 1.82) is 0 Å². The standard InChI is InChI=1S/C23H32N2O4.C10H19N5S/c1-7-16-13-15(3)14-17(8-2)18(16)19-20(26)24-9-11-28-12-10-25(24)21(19)29-22(27)23(4,5)6;1-6-11-7-12-8(15-10(2,3)4)14-9(13-7)16-5/h13-14H,7-12H2,1-6H3;6H2,1-5H3,(H2,11,12,13,14,15). The molecule has 4 rings (SSSR count). The number of thioether (sulfide) groups is 1. The SMILES string of the molecule is CCNc1nc(NC(C)(C)C)nc(SC)n1.CCc1cc(C)cc(CC)c1-c1c(OC(=O)C(C)(C)C)n2n(c1=O)CCOCC2. The van der Waals surface area contributed by atoms with Crippen LogP contribution in [-0.2, 0) is 35.5 Å². The first-order valence-electron chi connectivity index (χ1n) is 15.7. The average Bonchev–Trinajstić information content (AvgIpc) is 3.10. The number of anilines is 2. The second kappa shape index (κ2) is 15.3. The van der Waals surface area contributed by atoms with Crippen LogP contribution in [-0.4, -0.2) is 61.8 Å². The van der Waals surface area contributed by atoms with Crippen LogP contribution in [0.3, 0.4) is 0 Å². The highest BCUT2D eigenvalue weighted by Gasteiger charge is 2.32. The van der Waals surface area contributed by atoms with E-state index in [-0.39, 0.29) is 17.1 Å². The van der Waals surface area contributed by atoms with Crippen molar-refractivity contribution >= 4 is 29.6 Å². The van der Waals surface area contributed by atoms with Crippen LogP contribution in [0.1, 0.15) is 79.0 Å². The first-order chi connectivity index (χ1) is 21.1. The number of fused-ring (bicyclic) bond motifs is 1. The van der Waals surface area contributed by atoms with E-state index >= 15 is 0 Å². The number of carbonyl (C=O) groups is 1. The summed E-state index contributed by atoms with van der Waals surface area (Å²) in [5.74, 6) is 1.22. The van der Waals surface area contributed by atoms with E-state index < -0.39 is 5.41 Å². The number of esters is 1. The van der Waals surface area contributed by atoms with Gasteiger partial charge in [0.25, 0.3) is 5.56 Å². The fourth-order valence-electron chi connectivity index (χ4n) is 4.87. The van der Waals surface area contributed by atoms with Crippen LogP contribution in [0, 0.1) is 12.3 Å². The van der Waals surface area contributed by atoms with Gasteiger partial charge >= 0.3 is 5.97 Å². The predicted octanol–water partition coefficient (Wildman–Crippen LogP) is 5.97. The molecule has 0 spiro atoms. The van der Waals surface area contributed by atoms with E-state index in [1.807, 2.05) is 34.0 Å². The molecule has 248 valence electrons. The Morgan fingerprint density at radius 3 is 2.02 bits per heavy atom. The molecule has 3 heterocycles. The van der Waals surface area contributed by atoms with Crippen LogP contribution < -0.4 is 20.9 Å². The maximum absolute atomic E-state index is 13.5. The largest absolute Gasteiger partial charge is 0.407 e. The molecule has 12 heteroatoms. The molecule has 0 amide bonds. The lowest BCUT2D eigenvalue weighted by Gasteiger charge is -2.20. The molecular formula is C33H51N7O4S. The fraction of sp³-hybridized carbons (Fsp3) is 0.606. The number of carbonyl (C=O) groups excluding carboxylic acids is 1. The Morgan fingerprint density at radius 2 is 1.51 bits per heavy atom. The van der Waals surface area contributed by atoms with E-state index in [4.69, 9.17) is 9.47 Å². The Kier molecular flexibility index (Phi) is 12.2. The Labute approximate surface area is 271 Å². The lowest BCUT2D eigenvalue weighted by molar-refractivity contribution is -0.143. The maximum atomic E-state index is 13.5. The van der Waals surface area contributed by atoms with Gasteiger partial charge in [0.15, 0.2) is 5.16 Å². The first kappa shape index (κ1) is 36.1. The van der Waals surface area contributed by atoms with Crippen LogP contribution in [0.4, 0.5) is 11.9 Å². The summed E-state index contributed by atoms with van der Waals surface area (Å²) < 4.78 is 14.9. The third-order valence-corrected chi connectivity index (χ3v) is 7.51. The number of hydrogen-bond donors (Lipinski definition) is 2. The van der Waals surface area contributed by atoms with Gasteiger partial charge in [0, 0.05) is 12.1 Å². The van der Waals surface area contributed by atoms with E-state index in [1.165, 1.54) is 17.3 Å². The molecule has 0 saturated carbocycles. The lowest BCUT2D eigenvalue weighted by Crippen LogP contribution is -2.27. The van der Waals surface area contributed by atoms with Gasteiger partial charge in [-0.15, -0.1) is 0 Å². The summed E-state index contributed by atoms with van der Waals surface area (Å²) in [4.78, 5) is 39.2. The molecular weight excluding hydrogens is 590 g/mol. The molecule has 0 radical (unpaired) electrons. The number of rotatable bonds is 8. The molecule has 2 N–H and O–H groups in total. The van der Waals surface area contributed by atoms with Gasteiger partial charge < -0.3 is 20.1 Å². The van der Waals surface area contributed by atoms with Gasteiger partial charge in [0.2, 0.25) is 17.8 Å². The molecule has 2 aromatic heterocycles. The zero-order chi connectivity index (χ0) is 33.5. The van der Waals surface area contributed by atoms with E-state index in [1.54, 1.807) is 9.36 Å². The number of hydrogen-bond acceptors (Lipinski definition) is 10. The van der Waals surface area contributed by atoms with Crippen molar-refractivity contribution < 1.29 is 14.3 Å². The van der Waals surface area contributed by atoms with Gasteiger partial charge in [0.1, 0.15) is 5.56 Å². The number of aryl methyl sites for hydroxylation is 3. The number of aromatic nitrogens is 5. The minimum Gasteiger partial charge on any atom is -0.407 e. The number of benzene rings is 1. The third kappa shape index (κ3) is 9.32. The van der Waals surface area contributed by atoms with Crippen molar-refractivity contribution in [3.8, 4) is 17.0 Å². The Morgan fingerprint density at radius 1 is 0.933 bits per heavy atom. The van der Waals surface area contributed by atoms with Gasteiger partial charge in [-0.05, 0) is 91.2 Å². The number of nitrogens with zero attached hydrogens (tertiary/aromatic N) is 5. The fourth-order valence-corrected chi connectivity index (χ4v) is 5.23. The second-order valence-corrected chi connectivity index (χ2v) is 13.8. The molecule has 1 aromatic carbocycles. The Bertz CT molecular complexity index is 1510. The van der Waals surface area contributed by atoms with E-state index in [0.717, 1.165) is 41.2 Å². The molecule has 0 unspecified atom stereocenters. The van der Waals surface area contributed by atoms with Crippen LogP contribution >= 0.6 is 11.8 Å². The average molecular weight is 642 g/mol. The van der Waals surface area contributed by atoms with Crippen molar-refractivity contribution in [3.63, 3.8) is 0 Å². The molecule has 0 saturated heterocycles. The van der Waals surface area contributed by atoms with Crippen LogP contribution in [0.5, 0.6) is 5.88 Å². The number of ether oxygens (including phenoxy) is 2. The zero-order valence-electron chi connectivity index (χ0n) is 28.9. The highest BCUT2D eigenvalue weighted by Crippen LogP contribution is 2.36. The Hall–Kier alpha value is -3.38. The predicted molar refractivity (Wildman–Crippen MR) is 183 cm³/mol. The van der Waals surface area contributed by atoms with E-state index in [0.29, 0.717) is 49.6 Å².